The van der Waals surface area contributed by atoms with Gasteiger partial charge in [-0.25, -0.2) is 4.79 Å². The van der Waals surface area contributed by atoms with Gasteiger partial charge in [0.25, 0.3) is 5.91 Å². The Labute approximate surface area is 123 Å². The molecule has 0 saturated carbocycles. The molecule has 0 radical (unpaired) electrons. The molecular formula is C16H20N2O3. The van der Waals surface area contributed by atoms with Crippen LogP contribution in [-0.2, 0) is 11.8 Å². The van der Waals surface area contributed by atoms with Gasteiger partial charge < -0.3 is 15.0 Å². The molecule has 2 N–H and O–H groups in total. The van der Waals surface area contributed by atoms with Crippen molar-refractivity contribution >= 4 is 22.8 Å². The molecule has 0 aliphatic rings. The van der Waals surface area contributed by atoms with Crippen molar-refractivity contribution in [1.29, 1.82) is 0 Å². The van der Waals surface area contributed by atoms with Gasteiger partial charge in [-0.05, 0) is 30.5 Å². The van der Waals surface area contributed by atoms with Crippen LogP contribution in [0.5, 0.6) is 0 Å². The van der Waals surface area contributed by atoms with Crippen LogP contribution in [0.2, 0.25) is 0 Å². The van der Waals surface area contributed by atoms with Crippen LogP contribution < -0.4 is 5.32 Å². The summed E-state index contributed by atoms with van der Waals surface area (Å²) < 4.78 is 1.93. The van der Waals surface area contributed by atoms with Crippen LogP contribution in [0.3, 0.4) is 0 Å². The molecule has 0 aliphatic carbocycles. The minimum absolute atomic E-state index is 0.193. The number of hydrogen-bond donors (Lipinski definition) is 2. The summed E-state index contributed by atoms with van der Waals surface area (Å²) in [4.78, 5) is 23.6. The first-order valence-electron chi connectivity index (χ1n) is 6.98. The Kier molecular flexibility index (Phi) is 4.31. The van der Waals surface area contributed by atoms with E-state index >= 15 is 0 Å². The molecule has 0 bridgehead atoms. The average molecular weight is 288 g/mol. The summed E-state index contributed by atoms with van der Waals surface area (Å²) >= 11 is 0. The molecule has 0 saturated heterocycles. The summed E-state index contributed by atoms with van der Waals surface area (Å²) in [5, 5.41) is 12.7. The number of aryl methyl sites for hydroxylation is 1. The van der Waals surface area contributed by atoms with Crippen molar-refractivity contribution in [2.75, 3.05) is 0 Å². The highest BCUT2D eigenvalue weighted by atomic mass is 16.4. The van der Waals surface area contributed by atoms with Crippen LogP contribution in [-0.4, -0.2) is 27.6 Å². The maximum absolute atomic E-state index is 12.4. The van der Waals surface area contributed by atoms with Gasteiger partial charge in [0.05, 0.1) is 0 Å². The third kappa shape index (κ3) is 3.24. The number of fused-ring (bicyclic) bond motifs is 1. The van der Waals surface area contributed by atoms with Crippen LogP contribution in [0.25, 0.3) is 10.9 Å². The fraction of sp³-hybridized carbons (Fsp3) is 0.375. The first-order chi connectivity index (χ1) is 9.90. The molecule has 1 amide bonds. The minimum atomic E-state index is -1.00. The highest BCUT2D eigenvalue weighted by Gasteiger charge is 2.22. The van der Waals surface area contributed by atoms with Gasteiger partial charge in [-0.1, -0.05) is 19.9 Å². The summed E-state index contributed by atoms with van der Waals surface area (Å²) in [6.07, 6.45) is 2.29. The third-order valence-electron chi connectivity index (χ3n) is 3.48. The van der Waals surface area contributed by atoms with Gasteiger partial charge >= 0.3 is 5.97 Å². The molecule has 1 aromatic carbocycles. The number of carbonyl (C=O) groups is 2. The average Bonchev–Trinajstić information content (AvgIpc) is 2.79. The number of nitrogens with zero attached hydrogens (tertiary/aromatic N) is 1. The van der Waals surface area contributed by atoms with Crippen LogP contribution >= 0.6 is 0 Å². The zero-order valence-electron chi connectivity index (χ0n) is 12.5. The van der Waals surface area contributed by atoms with Crippen molar-refractivity contribution in [3.8, 4) is 0 Å². The topological polar surface area (TPSA) is 71.3 Å². The van der Waals surface area contributed by atoms with E-state index < -0.39 is 12.0 Å². The Morgan fingerprint density at radius 2 is 2.00 bits per heavy atom. The van der Waals surface area contributed by atoms with E-state index in [1.165, 1.54) is 0 Å². The summed E-state index contributed by atoms with van der Waals surface area (Å²) in [6, 6.07) is 6.44. The molecule has 0 spiro atoms. The van der Waals surface area contributed by atoms with Gasteiger partial charge in [-0.15, -0.1) is 0 Å². The van der Waals surface area contributed by atoms with Gasteiger partial charge in [0.15, 0.2) is 0 Å². The molecule has 112 valence electrons. The Bertz CT molecular complexity index is 673. The lowest BCUT2D eigenvalue weighted by Gasteiger charge is -2.16. The van der Waals surface area contributed by atoms with Crippen LogP contribution in [0.1, 0.15) is 30.6 Å². The normalized spacial score (nSPS) is 12.6. The molecular weight excluding hydrogens is 268 g/mol. The number of hydrogen-bond acceptors (Lipinski definition) is 2. The lowest BCUT2D eigenvalue weighted by atomic mass is 10.0. The number of carboxylic acid groups (broad SMARTS) is 1. The first-order valence-corrected chi connectivity index (χ1v) is 6.98. The Hall–Kier alpha value is -2.30. The van der Waals surface area contributed by atoms with Crippen molar-refractivity contribution in [3.63, 3.8) is 0 Å². The second-order valence-corrected chi connectivity index (χ2v) is 5.66. The molecule has 5 nitrogen and oxygen atoms in total. The SMILES string of the molecule is CC(C)C[C@H](NC(=O)c1cccc2c1ccn2C)C(=O)O. The molecule has 0 unspecified atom stereocenters. The summed E-state index contributed by atoms with van der Waals surface area (Å²) in [7, 11) is 1.91. The van der Waals surface area contributed by atoms with E-state index in [9.17, 15) is 14.7 Å². The minimum Gasteiger partial charge on any atom is -0.480 e. The highest BCUT2D eigenvalue weighted by molar-refractivity contribution is 6.07. The number of aromatic nitrogens is 1. The lowest BCUT2D eigenvalue weighted by molar-refractivity contribution is -0.139. The van der Waals surface area contributed by atoms with Crippen LogP contribution in [0, 0.1) is 5.92 Å². The van der Waals surface area contributed by atoms with Crippen molar-refractivity contribution in [2.45, 2.75) is 26.3 Å². The number of benzene rings is 1. The fourth-order valence-corrected chi connectivity index (χ4v) is 2.43. The van der Waals surface area contributed by atoms with Crippen LogP contribution in [0.15, 0.2) is 30.5 Å². The van der Waals surface area contributed by atoms with Crippen molar-refractivity contribution in [2.24, 2.45) is 13.0 Å². The van der Waals surface area contributed by atoms with Crippen LogP contribution in [0.4, 0.5) is 0 Å². The van der Waals surface area contributed by atoms with Gasteiger partial charge in [-0.3, -0.25) is 4.79 Å². The molecule has 1 aromatic heterocycles. The Morgan fingerprint density at radius 1 is 1.29 bits per heavy atom. The predicted molar refractivity (Wildman–Crippen MR) is 81.3 cm³/mol. The fourth-order valence-electron chi connectivity index (χ4n) is 2.43. The highest BCUT2D eigenvalue weighted by Crippen LogP contribution is 2.19. The second kappa shape index (κ2) is 5.99. The number of carboxylic acids is 1. The molecule has 2 rings (SSSR count). The molecule has 1 heterocycles. The third-order valence-corrected chi connectivity index (χ3v) is 3.48. The number of nitrogens with one attached hydrogen (secondary N) is 1. The van der Waals surface area contributed by atoms with Crippen molar-refractivity contribution in [3.05, 3.63) is 36.0 Å². The standard InChI is InChI=1S/C16H20N2O3/c1-10(2)9-13(16(20)21)17-15(19)12-5-4-6-14-11(12)7-8-18(14)3/h4-8,10,13H,9H2,1-3H3,(H,17,19)(H,20,21)/t13-/m0/s1. The molecule has 0 fully saturated rings. The number of amides is 1. The van der Waals surface area contributed by atoms with E-state index in [2.05, 4.69) is 5.32 Å². The summed E-state index contributed by atoms with van der Waals surface area (Å²) in [6.45, 7) is 3.86. The van der Waals surface area contributed by atoms with Crippen molar-refractivity contribution < 1.29 is 14.7 Å². The maximum atomic E-state index is 12.4. The quantitative estimate of drug-likeness (QED) is 0.887. The Morgan fingerprint density at radius 3 is 2.62 bits per heavy atom. The van der Waals surface area contributed by atoms with E-state index in [0.717, 1.165) is 10.9 Å². The zero-order chi connectivity index (χ0) is 15.6. The first kappa shape index (κ1) is 15.1. The van der Waals surface area contributed by atoms with E-state index in [1.54, 1.807) is 12.1 Å². The number of rotatable bonds is 5. The monoisotopic (exact) mass is 288 g/mol. The molecule has 2 aromatic rings. The van der Waals surface area contributed by atoms with Crippen molar-refractivity contribution in [1.82, 2.24) is 9.88 Å². The van der Waals surface area contributed by atoms with E-state index in [-0.39, 0.29) is 11.8 Å². The van der Waals surface area contributed by atoms with E-state index in [1.807, 2.05) is 43.8 Å². The lowest BCUT2D eigenvalue weighted by Crippen LogP contribution is -2.41. The molecule has 1 atom stereocenters. The predicted octanol–water partition coefficient (Wildman–Crippen LogP) is 2.41. The Balaban J connectivity index is 2.27. The summed E-state index contributed by atoms with van der Waals surface area (Å²) in [5.74, 6) is -1.16. The molecule has 0 aliphatic heterocycles. The van der Waals surface area contributed by atoms with Gasteiger partial charge in [0, 0.05) is 29.7 Å². The summed E-state index contributed by atoms with van der Waals surface area (Å²) in [5.41, 5.74) is 1.45. The maximum Gasteiger partial charge on any atom is 0.326 e. The smallest absolute Gasteiger partial charge is 0.326 e. The molecule has 5 heteroatoms. The van der Waals surface area contributed by atoms with E-state index in [0.29, 0.717) is 12.0 Å². The van der Waals surface area contributed by atoms with Gasteiger partial charge in [0.1, 0.15) is 6.04 Å². The zero-order valence-corrected chi connectivity index (χ0v) is 12.5. The largest absolute Gasteiger partial charge is 0.480 e. The van der Waals surface area contributed by atoms with Gasteiger partial charge in [-0.2, -0.15) is 0 Å². The van der Waals surface area contributed by atoms with E-state index in [4.69, 9.17) is 0 Å². The number of aliphatic carboxylic acids is 1. The number of carbonyl (C=O) groups excluding carboxylic acids is 1. The second-order valence-electron chi connectivity index (χ2n) is 5.66. The van der Waals surface area contributed by atoms with Gasteiger partial charge in [0.2, 0.25) is 0 Å². The molecule has 21 heavy (non-hydrogen) atoms.